The number of nitrogens with two attached hydrogens (primary N) is 1. The third kappa shape index (κ3) is 6.47. The molecule has 0 radical (unpaired) electrons. The van der Waals surface area contributed by atoms with Crippen molar-refractivity contribution in [2.45, 2.75) is 18.9 Å². The number of nitrogens with zero attached hydrogens (tertiary/aromatic N) is 1. The lowest BCUT2D eigenvalue weighted by Gasteiger charge is -2.11. The van der Waals surface area contributed by atoms with E-state index in [0.29, 0.717) is 29.7 Å². The van der Waals surface area contributed by atoms with E-state index in [-0.39, 0.29) is 36.8 Å². The molecule has 3 rings (SSSR count). The zero-order valence-electron chi connectivity index (χ0n) is 13.4. The molecule has 1 aliphatic carbocycles. The van der Waals surface area contributed by atoms with Gasteiger partial charge in [-0.25, -0.2) is 4.98 Å². The van der Waals surface area contributed by atoms with Crippen molar-refractivity contribution in [1.82, 2.24) is 10.3 Å². The Labute approximate surface area is 167 Å². The van der Waals surface area contributed by atoms with E-state index in [1.165, 1.54) is 19.0 Å². The van der Waals surface area contributed by atoms with Crippen LogP contribution in [-0.2, 0) is 0 Å². The third-order valence-electron chi connectivity index (χ3n) is 3.76. The molecule has 0 bridgehead atoms. The summed E-state index contributed by atoms with van der Waals surface area (Å²) in [6, 6.07) is 10.9. The summed E-state index contributed by atoms with van der Waals surface area (Å²) in [4.78, 5) is 16.2. The topological polar surface area (TPSA) is 77.2 Å². The Hall–Kier alpha value is -1.34. The van der Waals surface area contributed by atoms with Gasteiger partial charge in [0, 0.05) is 29.3 Å². The summed E-state index contributed by atoms with van der Waals surface area (Å²) in [6.45, 7) is 0.501. The molecule has 1 heterocycles. The van der Waals surface area contributed by atoms with E-state index < -0.39 is 0 Å². The van der Waals surface area contributed by atoms with Gasteiger partial charge in [-0.15, -0.1) is 24.8 Å². The van der Waals surface area contributed by atoms with E-state index >= 15 is 0 Å². The summed E-state index contributed by atoms with van der Waals surface area (Å²) in [6.07, 6.45) is 3.84. The fourth-order valence-corrected chi connectivity index (χ4v) is 2.47. The quantitative estimate of drug-likeness (QED) is 0.701. The van der Waals surface area contributed by atoms with Gasteiger partial charge in [0.1, 0.15) is 5.75 Å². The number of carbonyl (C=O) groups excluding carboxylic acids is 1. The summed E-state index contributed by atoms with van der Waals surface area (Å²) in [5, 5.41) is 2.85. The highest BCUT2D eigenvalue weighted by Crippen LogP contribution is 2.31. The molecule has 25 heavy (non-hydrogen) atoms. The maximum absolute atomic E-state index is 12.0. The second kappa shape index (κ2) is 9.97. The van der Waals surface area contributed by atoms with E-state index in [1.54, 1.807) is 12.1 Å². The first-order valence-electron chi connectivity index (χ1n) is 7.55. The standard InChI is InChI=1S/C17H18BrN3O2.2ClH/c18-13-4-6-14(7-5-13)23-16-8-3-12(9-20-16)17(22)21-10-15(19)11-1-2-11;;/h3-9,11,15H,1-2,10,19H2,(H,21,22);2*1H. The fraction of sp³-hybridized carbons (Fsp3) is 0.294. The first-order valence-corrected chi connectivity index (χ1v) is 8.34. The Morgan fingerprint density at radius 1 is 1.24 bits per heavy atom. The van der Waals surface area contributed by atoms with E-state index in [0.717, 1.165) is 4.47 Å². The minimum Gasteiger partial charge on any atom is -0.439 e. The highest BCUT2D eigenvalue weighted by atomic mass is 79.9. The van der Waals surface area contributed by atoms with Gasteiger partial charge in [-0.05, 0) is 49.1 Å². The van der Waals surface area contributed by atoms with Crippen LogP contribution in [0.3, 0.4) is 0 Å². The molecule has 0 spiro atoms. The van der Waals surface area contributed by atoms with Crippen LogP contribution in [-0.4, -0.2) is 23.5 Å². The summed E-state index contributed by atoms with van der Waals surface area (Å²) in [5.74, 6) is 1.53. The lowest BCUT2D eigenvalue weighted by atomic mass is 10.2. The molecule has 0 aliphatic heterocycles. The second-order valence-electron chi connectivity index (χ2n) is 5.65. The fourth-order valence-electron chi connectivity index (χ4n) is 2.20. The minimum absolute atomic E-state index is 0. The van der Waals surface area contributed by atoms with Crippen molar-refractivity contribution < 1.29 is 9.53 Å². The van der Waals surface area contributed by atoms with Crippen molar-refractivity contribution in [3.05, 3.63) is 52.6 Å². The molecule has 5 nitrogen and oxygen atoms in total. The molecule has 1 unspecified atom stereocenters. The van der Waals surface area contributed by atoms with Crippen LogP contribution in [0.1, 0.15) is 23.2 Å². The van der Waals surface area contributed by atoms with Crippen molar-refractivity contribution in [1.29, 1.82) is 0 Å². The molecule has 8 heteroatoms. The molecule has 1 atom stereocenters. The van der Waals surface area contributed by atoms with Gasteiger partial charge >= 0.3 is 0 Å². The smallest absolute Gasteiger partial charge is 0.252 e. The maximum atomic E-state index is 12.0. The number of benzene rings is 1. The molecule has 0 saturated heterocycles. The van der Waals surface area contributed by atoms with Crippen LogP contribution in [0, 0.1) is 5.92 Å². The Balaban J connectivity index is 0.00000156. The van der Waals surface area contributed by atoms with E-state index in [9.17, 15) is 4.79 Å². The number of carbonyl (C=O) groups is 1. The number of pyridine rings is 1. The van der Waals surface area contributed by atoms with Gasteiger partial charge in [-0.2, -0.15) is 0 Å². The molecular weight excluding hydrogens is 429 g/mol. The predicted octanol–water partition coefficient (Wildman–Crippen LogP) is 3.95. The average Bonchev–Trinajstić information content (AvgIpc) is 3.40. The molecule has 1 saturated carbocycles. The lowest BCUT2D eigenvalue weighted by Crippen LogP contribution is -2.38. The number of aromatic nitrogens is 1. The Morgan fingerprint density at radius 3 is 2.48 bits per heavy atom. The highest BCUT2D eigenvalue weighted by molar-refractivity contribution is 9.10. The minimum atomic E-state index is -0.163. The largest absolute Gasteiger partial charge is 0.439 e. The molecular formula is C17H20BrCl2N3O2. The Morgan fingerprint density at radius 2 is 1.92 bits per heavy atom. The molecule has 1 aromatic heterocycles. The predicted molar refractivity (Wildman–Crippen MR) is 106 cm³/mol. The average molecular weight is 449 g/mol. The van der Waals surface area contributed by atoms with Gasteiger partial charge in [-0.1, -0.05) is 15.9 Å². The molecule has 1 fully saturated rings. The number of nitrogens with one attached hydrogen (secondary N) is 1. The Kier molecular flexibility index (Phi) is 8.65. The van der Waals surface area contributed by atoms with Crippen LogP contribution < -0.4 is 15.8 Å². The SMILES string of the molecule is Cl.Cl.NC(CNC(=O)c1ccc(Oc2ccc(Br)cc2)nc1)C1CC1. The number of rotatable bonds is 6. The van der Waals surface area contributed by atoms with Gasteiger partial charge in [0.25, 0.3) is 5.91 Å². The highest BCUT2D eigenvalue weighted by Gasteiger charge is 2.28. The summed E-state index contributed by atoms with van der Waals surface area (Å²) >= 11 is 3.37. The normalized spacial score (nSPS) is 13.8. The van der Waals surface area contributed by atoms with Crippen LogP contribution in [0.15, 0.2) is 47.1 Å². The zero-order chi connectivity index (χ0) is 16.2. The van der Waals surface area contributed by atoms with Crippen molar-refractivity contribution in [2.24, 2.45) is 11.7 Å². The van der Waals surface area contributed by atoms with Crippen molar-refractivity contribution in [3.8, 4) is 11.6 Å². The molecule has 3 N–H and O–H groups in total. The van der Waals surface area contributed by atoms with Crippen molar-refractivity contribution >= 4 is 46.7 Å². The van der Waals surface area contributed by atoms with Gasteiger partial charge in [0.05, 0.1) is 5.56 Å². The molecule has 1 aromatic carbocycles. The summed E-state index contributed by atoms with van der Waals surface area (Å²) in [7, 11) is 0. The first kappa shape index (κ1) is 21.7. The Bertz CT molecular complexity index is 679. The zero-order valence-corrected chi connectivity index (χ0v) is 16.6. The van der Waals surface area contributed by atoms with Gasteiger partial charge in [-0.3, -0.25) is 4.79 Å². The van der Waals surface area contributed by atoms with E-state index in [2.05, 4.69) is 26.2 Å². The molecule has 136 valence electrons. The lowest BCUT2D eigenvalue weighted by molar-refractivity contribution is 0.0950. The number of halogens is 3. The maximum Gasteiger partial charge on any atom is 0.252 e. The third-order valence-corrected chi connectivity index (χ3v) is 4.29. The van der Waals surface area contributed by atoms with Crippen LogP contribution in [0.4, 0.5) is 0 Å². The van der Waals surface area contributed by atoms with E-state index in [1.807, 2.05) is 24.3 Å². The summed E-state index contributed by atoms with van der Waals surface area (Å²) in [5.41, 5.74) is 6.47. The first-order chi connectivity index (χ1) is 11.1. The number of hydrogen-bond donors (Lipinski definition) is 2. The summed E-state index contributed by atoms with van der Waals surface area (Å²) < 4.78 is 6.60. The van der Waals surface area contributed by atoms with E-state index in [4.69, 9.17) is 10.5 Å². The molecule has 1 amide bonds. The molecule has 2 aromatic rings. The number of ether oxygens (including phenoxy) is 1. The van der Waals surface area contributed by atoms with Crippen LogP contribution >= 0.6 is 40.7 Å². The number of amides is 1. The molecule has 1 aliphatic rings. The van der Waals surface area contributed by atoms with Gasteiger partial charge in [0.2, 0.25) is 5.88 Å². The van der Waals surface area contributed by atoms with Crippen molar-refractivity contribution in [2.75, 3.05) is 6.54 Å². The van der Waals surface area contributed by atoms with Crippen LogP contribution in [0.25, 0.3) is 0 Å². The number of hydrogen-bond acceptors (Lipinski definition) is 4. The van der Waals surface area contributed by atoms with Gasteiger partial charge < -0.3 is 15.8 Å². The second-order valence-corrected chi connectivity index (χ2v) is 6.57. The van der Waals surface area contributed by atoms with Crippen LogP contribution in [0.5, 0.6) is 11.6 Å². The van der Waals surface area contributed by atoms with Crippen LogP contribution in [0.2, 0.25) is 0 Å². The van der Waals surface area contributed by atoms with Gasteiger partial charge in [0.15, 0.2) is 0 Å². The monoisotopic (exact) mass is 447 g/mol. The van der Waals surface area contributed by atoms with Crippen molar-refractivity contribution in [3.63, 3.8) is 0 Å².